The van der Waals surface area contributed by atoms with Gasteiger partial charge in [-0.15, -0.1) is 11.3 Å². The molecule has 0 bridgehead atoms. The summed E-state index contributed by atoms with van der Waals surface area (Å²) in [6.07, 6.45) is 3.05. The van der Waals surface area contributed by atoms with E-state index in [0.717, 1.165) is 31.2 Å². The van der Waals surface area contributed by atoms with Crippen molar-refractivity contribution in [2.45, 2.75) is 39.5 Å². The van der Waals surface area contributed by atoms with Gasteiger partial charge in [0.1, 0.15) is 5.00 Å². The van der Waals surface area contributed by atoms with Crippen molar-refractivity contribution in [1.82, 2.24) is 0 Å². The van der Waals surface area contributed by atoms with Gasteiger partial charge in [0, 0.05) is 4.88 Å². The zero-order valence-corrected chi connectivity index (χ0v) is 13.5. The van der Waals surface area contributed by atoms with E-state index in [-0.39, 0.29) is 5.97 Å². The molecular weight excluding hydrogens is 290 g/mol. The minimum absolute atomic E-state index is 0.352. The fraction of sp³-hybridized carbons (Fsp3) is 0.600. The van der Waals surface area contributed by atoms with Gasteiger partial charge in [-0.3, -0.25) is 5.32 Å². The Bertz CT molecular complexity index is 538. The molecule has 0 aromatic carbocycles. The van der Waals surface area contributed by atoms with Gasteiger partial charge < -0.3 is 9.47 Å². The van der Waals surface area contributed by atoms with Crippen LogP contribution in [-0.4, -0.2) is 25.8 Å². The highest BCUT2D eigenvalue weighted by Crippen LogP contribution is 2.40. The topological polar surface area (TPSA) is 64.6 Å². The highest BCUT2D eigenvalue weighted by Gasteiger charge is 2.29. The Morgan fingerprint density at radius 1 is 1.43 bits per heavy atom. The van der Waals surface area contributed by atoms with Gasteiger partial charge in [0.25, 0.3) is 0 Å². The predicted molar refractivity (Wildman–Crippen MR) is 82.1 cm³/mol. The maximum Gasteiger partial charge on any atom is 0.411 e. The number of fused-ring (bicyclic) bond motifs is 1. The number of hydrogen-bond donors (Lipinski definition) is 1. The summed E-state index contributed by atoms with van der Waals surface area (Å²) in [5.74, 6) is 0.247. The van der Waals surface area contributed by atoms with E-state index in [4.69, 9.17) is 4.74 Å². The Morgan fingerprint density at radius 3 is 2.86 bits per heavy atom. The molecule has 1 amide bonds. The number of amides is 1. The fourth-order valence-electron chi connectivity index (χ4n) is 2.47. The zero-order chi connectivity index (χ0) is 15.4. The summed E-state index contributed by atoms with van der Waals surface area (Å²) in [5, 5.41) is 3.19. The summed E-state index contributed by atoms with van der Waals surface area (Å²) in [5.41, 5.74) is 1.55. The van der Waals surface area contributed by atoms with Crippen LogP contribution in [0.5, 0.6) is 0 Å². The van der Waals surface area contributed by atoms with Crippen LogP contribution in [0.25, 0.3) is 0 Å². The Labute approximate surface area is 128 Å². The molecular formula is C15H21NO4S. The molecule has 0 saturated carbocycles. The van der Waals surface area contributed by atoms with Crippen LogP contribution in [0.15, 0.2) is 0 Å². The highest BCUT2D eigenvalue weighted by atomic mass is 32.1. The van der Waals surface area contributed by atoms with Crippen molar-refractivity contribution in [3.63, 3.8) is 0 Å². The van der Waals surface area contributed by atoms with Crippen LogP contribution in [0.1, 0.15) is 47.5 Å². The second-order valence-electron chi connectivity index (χ2n) is 5.31. The second kappa shape index (κ2) is 6.93. The van der Waals surface area contributed by atoms with Crippen LogP contribution in [0.2, 0.25) is 0 Å². The van der Waals surface area contributed by atoms with E-state index in [9.17, 15) is 9.59 Å². The van der Waals surface area contributed by atoms with Gasteiger partial charge in [-0.1, -0.05) is 13.8 Å². The number of rotatable bonds is 4. The standard InChI is InChI=1S/C15H21NO4S/c1-4-7-20-14(17)12-10-6-5-9(2)8-11(10)21-13(12)16-15(18)19-3/h9H,4-8H2,1-3H3,(H,16,18)/t9-/m0/s1. The van der Waals surface area contributed by atoms with Gasteiger partial charge in [0.15, 0.2) is 0 Å². The largest absolute Gasteiger partial charge is 0.462 e. The number of ether oxygens (including phenoxy) is 2. The molecule has 0 spiro atoms. The van der Waals surface area contributed by atoms with Gasteiger partial charge in [-0.05, 0) is 37.2 Å². The molecule has 1 N–H and O–H groups in total. The molecule has 1 aliphatic rings. The van der Waals surface area contributed by atoms with Gasteiger partial charge in [0.2, 0.25) is 0 Å². The molecule has 2 rings (SSSR count). The summed E-state index contributed by atoms with van der Waals surface area (Å²) < 4.78 is 9.89. The third kappa shape index (κ3) is 3.56. The first-order valence-corrected chi connectivity index (χ1v) is 8.05. The SMILES string of the molecule is CCCOC(=O)c1c(NC(=O)OC)sc2c1CC[C@H](C)C2. The molecule has 6 heteroatoms. The molecule has 21 heavy (non-hydrogen) atoms. The Kier molecular flexibility index (Phi) is 5.22. The van der Waals surface area contributed by atoms with E-state index < -0.39 is 6.09 Å². The van der Waals surface area contributed by atoms with Crippen LogP contribution in [-0.2, 0) is 22.3 Å². The first-order valence-electron chi connectivity index (χ1n) is 7.23. The maximum absolute atomic E-state index is 12.3. The number of thiophene rings is 1. The Hall–Kier alpha value is -1.56. The van der Waals surface area contributed by atoms with Crippen LogP contribution >= 0.6 is 11.3 Å². The number of carbonyl (C=O) groups excluding carboxylic acids is 2. The van der Waals surface area contributed by atoms with Crippen LogP contribution in [0.4, 0.5) is 9.80 Å². The van der Waals surface area contributed by atoms with Crippen molar-refractivity contribution in [3.05, 3.63) is 16.0 Å². The van der Waals surface area contributed by atoms with Crippen molar-refractivity contribution in [2.24, 2.45) is 5.92 Å². The van der Waals surface area contributed by atoms with E-state index in [1.165, 1.54) is 23.3 Å². The van der Waals surface area contributed by atoms with Crippen molar-refractivity contribution in [3.8, 4) is 0 Å². The summed E-state index contributed by atoms with van der Waals surface area (Å²) in [6.45, 7) is 4.54. The molecule has 0 saturated heterocycles. The average Bonchev–Trinajstić information content (AvgIpc) is 2.81. The summed E-state index contributed by atoms with van der Waals surface area (Å²) in [7, 11) is 1.31. The third-order valence-corrected chi connectivity index (χ3v) is 4.72. The minimum Gasteiger partial charge on any atom is -0.462 e. The molecule has 0 unspecified atom stereocenters. The highest BCUT2D eigenvalue weighted by molar-refractivity contribution is 7.17. The minimum atomic E-state index is -0.564. The van der Waals surface area contributed by atoms with Crippen molar-refractivity contribution in [1.29, 1.82) is 0 Å². The number of esters is 1. The van der Waals surface area contributed by atoms with Crippen molar-refractivity contribution in [2.75, 3.05) is 19.0 Å². The first-order chi connectivity index (χ1) is 10.1. The predicted octanol–water partition coefficient (Wildman–Crippen LogP) is 3.62. The van der Waals surface area contributed by atoms with Crippen LogP contribution in [0, 0.1) is 5.92 Å². The van der Waals surface area contributed by atoms with Crippen molar-refractivity contribution < 1.29 is 19.1 Å². The van der Waals surface area contributed by atoms with E-state index in [1.54, 1.807) is 0 Å². The molecule has 1 aliphatic carbocycles. The zero-order valence-electron chi connectivity index (χ0n) is 12.7. The molecule has 1 aromatic heterocycles. The number of carbonyl (C=O) groups is 2. The second-order valence-corrected chi connectivity index (χ2v) is 6.41. The smallest absolute Gasteiger partial charge is 0.411 e. The van der Waals surface area contributed by atoms with Gasteiger partial charge >= 0.3 is 12.1 Å². The molecule has 1 heterocycles. The Morgan fingerprint density at radius 2 is 2.19 bits per heavy atom. The number of hydrogen-bond acceptors (Lipinski definition) is 5. The third-order valence-electron chi connectivity index (χ3n) is 3.55. The number of nitrogens with one attached hydrogen (secondary N) is 1. The maximum atomic E-state index is 12.3. The average molecular weight is 311 g/mol. The normalized spacial score (nSPS) is 17.0. The summed E-state index contributed by atoms with van der Waals surface area (Å²) in [4.78, 5) is 24.9. The summed E-state index contributed by atoms with van der Waals surface area (Å²) >= 11 is 1.46. The lowest BCUT2D eigenvalue weighted by Gasteiger charge is -2.18. The molecule has 1 aromatic rings. The van der Waals surface area contributed by atoms with E-state index >= 15 is 0 Å². The molecule has 1 atom stereocenters. The quantitative estimate of drug-likeness (QED) is 0.863. The van der Waals surface area contributed by atoms with Gasteiger partial charge in [0.05, 0.1) is 19.3 Å². The lowest BCUT2D eigenvalue weighted by atomic mass is 9.88. The Balaban J connectivity index is 2.34. The van der Waals surface area contributed by atoms with Crippen LogP contribution < -0.4 is 5.32 Å². The van der Waals surface area contributed by atoms with Gasteiger partial charge in [-0.2, -0.15) is 0 Å². The summed E-state index contributed by atoms with van der Waals surface area (Å²) in [6, 6.07) is 0. The van der Waals surface area contributed by atoms with E-state index in [1.807, 2.05) is 6.92 Å². The molecule has 0 radical (unpaired) electrons. The lowest BCUT2D eigenvalue weighted by Crippen LogP contribution is -2.16. The van der Waals surface area contributed by atoms with Crippen molar-refractivity contribution >= 4 is 28.4 Å². The number of methoxy groups -OCH3 is 1. The number of anilines is 1. The van der Waals surface area contributed by atoms with E-state index in [2.05, 4.69) is 17.0 Å². The first kappa shape index (κ1) is 15.8. The lowest BCUT2D eigenvalue weighted by molar-refractivity contribution is 0.0505. The molecule has 116 valence electrons. The molecule has 0 aliphatic heterocycles. The van der Waals surface area contributed by atoms with Crippen LogP contribution in [0.3, 0.4) is 0 Å². The molecule has 0 fully saturated rings. The fourth-order valence-corrected chi connectivity index (χ4v) is 3.85. The van der Waals surface area contributed by atoms with E-state index in [0.29, 0.717) is 23.1 Å². The monoisotopic (exact) mass is 311 g/mol. The molecule has 5 nitrogen and oxygen atoms in total. The van der Waals surface area contributed by atoms with Gasteiger partial charge in [-0.25, -0.2) is 9.59 Å².